The van der Waals surface area contributed by atoms with Crippen molar-refractivity contribution in [2.45, 2.75) is 12.0 Å². The van der Waals surface area contributed by atoms with Gasteiger partial charge in [-0.25, -0.2) is 0 Å². The molecule has 0 aromatic heterocycles. The summed E-state index contributed by atoms with van der Waals surface area (Å²) in [6.07, 6.45) is 2.40. The molecular formula is C32H22BrN. The van der Waals surface area contributed by atoms with Crippen LogP contribution in [0.5, 0.6) is 0 Å². The van der Waals surface area contributed by atoms with Gasteiger partial charge in [-0.05, 0) is 62.9 Å². The van der Waals surface area contributed by atoms with E-state index in [1.54, 1.807) is 0 Å². The number of benzene rings is 5. The van der Waals surface area contributed by atoms with E-state index in [4.69, 9.17) is 0 Å². The summed E-state index contributed by atoms with van der Waals surface area (Å²) < 4.78 is 1.17. The van der Waals surface area contributed by atoms with Crippen molar-refractivity contribution in [3.05, 3.63) is 138 Å². The first-order valence-corrected chi connectivity index (χ1v) is 12.5. The second-order valence-electron chi connectivity index (χ2n) is 9.07. The van der Waals surface area contributed by atoms with Gasteiger partial charge in [0.2, 0.25) is 0 Å². The number of fused-ring (bicyclic) bond motifs is 7. The number of nitrogens with zero attached hydrogens (tertiary/aromatic N) is 1. The van der Waals surface area contributed by atoms with Gasteiger partial charge >= 0.3 is 0 Å². The van der Waals surface area contributed by atoms with Crippen molar-refractivity contribution >= 4 is 42.6 Å². The van der Waals surface area contributed by atoms with Crippen LogP contribution in [0.2, 0.25) is 0 Å². The van der Waals surface area contributed by atoms with Crippen molar-refractivity contribution in [3.63, 3.8) is 0 Å². The van der Waals surface area contributed by atoms with E-state index in [1.807, 2.05) is 0 Å². The zero-order valence-electron chi connectivity index (χ0n) is 18.5. The van der Waals surface area contributed by atoms with Crippen molar-refractivity contribution in [2.24, 2.45) is 0 Å². The van der Waals surface area contributed by atoms with Crippen LogP contribution in [0, 0.1) is 0 Å². The van der Waals surface area contributed by atoms with E-state index in [1.165, 1.54) is 54.4 Å². The van der Waals surface area contributed by atoms with Crippen molar-refractivity contribution in [1.29, 1.82) is 0 Å². The Hall–Kier alpha value is -3.62. The highest BCUT2D eigenvalue weighted by molar-refractivity contribution is 9.15. The Balaban J connectivity index is 1.44. The van der Waals surface area contributed by atoms with Crippen LogP contribution in [0.3, 0.4) is 0 Å². The molecule has 5 aromatic rings. The fourth-order valence-corrected chi connectivity index (χ4v) is 6.43. The van der Waals surface area contributed by atoms with Crippen LogP contribution in [0.25, 0.3) is 26.4 Å². The third-order valence-electron chi connectivity index (χ3n) is 7.28. The maximum Gasteiger partial charge on any atom is 0.0646 e. The molecule has 0 fully saturated rings. The average molecular weight is 500 g/mol. The third-order valence-corrected chi connectivity index (χ3v) is 7.97. The first-order valence-electron chi connectivity index (χ1n) is 11.7. The van der Waals surface area contributed by atoms with Gasteiger partial charge in [0, 0.05) is 21.8 Å². The molecule has 1 nitrogen and oxygen atoms in total. The first-order chi connectivity index (χ1) is 16.8. The summed E-state index contributed by atoms with van der Waals surface area (Å²) in [6, 6.07) is 42.0. The molecule has 7 rings (SSSR count). The SMILES string of the molecule is BrC1=CC2C(c3ccccc31)c1c(ccc3ccccc13)N2c1ccc(-c2ccccc2)cc1. The number of rotatable bonds is 2. The van der Waals surface area contributed by atoms with Crippen LogP contribution in [-0.2, 0) is 0 Å². The van der Waals surface area contributed by atoms with Crippen LogP contribution >= 0.6 is 15.9 Å². The molecule has 162 valence electrons. The van der Waals surface area contributed by atoms with Gasteiger partial charge in [-0.3, -0.25) is 0 Å². The molecule has 5 aromatic carbocycles. The summed E-state index contributed by atoms with van der Waals surface area (Å²) >= 11 is 3.89. The zero-order chi connectivity index (χ0) is 22.6. The van der Waals surface area contributed by atoms with Crippen LogP contribution in [0.1, 0.15) is 22.6 Å². The molecule has 0 spiro atoms. The van der Waals surface area contributed by atoms with E-state index in [9.17, 15) is 0 Å². The lowest BCUT2D eigenvalue weighted by Gasteiger charge is -2.32. The van der Waals surface area contributed by atoms with E-state index in [2.05, 4.69) is 142 Å². The highest BCUT2D eigenvalue weighted by atomic mass is 79.9. The summed E-state index contributed by atoms with van der Waals surface area (Å²) in [4.78, 5) is 2.53. The molecule has 2 atom stereocenters. The van der Waals surface area contributed by atoms with Crippen LogP contribution < -0.4 is 4.90 Å². The standard InChI is InChI=1S/C32H22BrN/c33-28-20-30-32(27-13-7-6-12-26(27)28)31-25-11-5-4-10-23(25)16-19-29(31)34(30)24-17-14-22(15-18-24)21-8-2-1-3-9-21/h1-20,30,32H. The summed E-state index contributed by atoms with van der Waals surface area (Å²) in [5, 5.41) is 2.65. The molecule has 0 saturated heterocycles. The third kappa shape index (κ3) is 2.92. The van der Waals surface area contributed by atoms with Crippen LogP contribution in [0.4, 0.5) is 11.4 Å². The Morgan fingerprint density at radius 1 is 0.618 bits per heavy atom. The van der Waals surface area contributed by atoms with Crippen molar-refractivity contribution in [1.82, 2.24) is 0 Å². The van der Waals surface area contributed by atoms with Crippen molar-refractivity contribution in [2.75, 3.05) is 4.90 Å². The molecule has 1 aliphatic heterocycles. The van der Waals surface area contributed by atoms with Crippen LogP contribution in [0.15, 0.2) is 121 Å². The number of halogens is 1. The molecule has 2 aliphatic rings. The smallest absolute Gasteiger partial charge is 0.0646 e. The van der Waals surface area contributed by atoms with Gasteiger partial charge in [-0.2, -0.15) is 0 Å². The molecule has 1 aliphatic carbocycles. The Bertz CT molecular complexity index is 1570. The average Bonchev–Trinajstić information content (AvgIpc) is 3.24. The van der Waals surface area contributed by atoms with Gasteiger partial charge in [0.1, 0.15) is 0 Å². The normalized spacial score (nSPS) is 18.3. The second kappa shape index (κ2) is 7.72. The van der Waals surface area contributed by atoms with Crippen molar-refractivity contribution < 1.29 is 0 Å². The largest absolute Gasteiger partial charge is 0.333 e. The minimum atomic E-state index is 0.215. The Morgan fingerprint density at radius 3 is 2.18 bits per heavy atom. The molecular weight excluding hydrogens is 478 g/mol. The molecule has 2 heteroatoms. The Morgan fingerprint density at radius 2 is 1.32 bits per heavy atom. The molecule has 0 saturated carbocycles. The van der Waals surface area contributed by atoms with Gasteiger partial charge < -0.3 is 4.90 Å². The van der Waals surface area contributed by atoms with Crippen LogP contribution in [-0.4, -0.2) is 6.04 Å². The van der Waals surface area contributed by atoms with E-state index < -0.39 is 0 Å². The van der Waals surface area contributed by atoms with E-state index >= 15 is 0 Å². The maximum absolute atomic E-state index is 3.89. The maximum atomic E-state index is 3.89. The lowest BCUT2D eigenvalue weighted by molar-refractivity contribution is 0.726. The monoisotopic (exact) mass is 499 g/mol. The topological polar surface area (TPSA) is 3.24 Å². The van der Waals surface area contributed by atoms with Gasteiger partial charge in [0.15, 0.2) is 0 Å². The van der Waals surface area contributed by atoms with Gasteiger partial charge in [0.05, 0.1) is 6.04 Å². The van der Waals surface area contributed by atoms with Gasteiger partial charge in [0.25, 0.3) is 0 Å². The minimum absolute atomic E-state index is 0.215. The fourth-order valence-electron chi connectivity index (χ4n) is 5.79. The van der Waals surface area contributed by atoms with E-state index in [0.717, 1.165) is 0 Å². The number of hydrogen-bond acceptors (Lipinski definition) is 1. The van der Waals surface area contributed by atoms with Gasteiger partial charge in [-0.1, -0.05) is 113 Å². The predicted molar refractivity (Wildman–Crippen MR) is 147 cm³/mol. The molecule has 0 amide bonds. The predicted octanol–water partition coefficient (Wildman–Crippen LogP) is 8.91. The summed E-state index contributed by atoms with van der Waals surface area (Å²) in [7, 11) is 0. The number of hydrogen-bond donors (Lipinski definition) is 0. The second-order valence-corrected chi connectivity index (χ2v) is 9.93. The lowest BCUT2D eigenvalue weighted by atomic mass is 9.80. The summed E-state index contributed by atoms with van der Waals surface area (Å²) in [5.41, 5.74) is 9.12. The molecule has 0 N–H and O–H groups in total. The summed E-state index contributed by atoms with van der Waals surface area (Å²) in [6.45, 7) is 0. The minimum Gasteiger partial charge on any atom is -0.333 e. The highest BCUT2D eigenvalue weighted by Gasteiger charge is 2.43. The summed E-state index contributed by atoms with van der Waals surface area (Å²) in [5.74, 6) is 0.285. The Labute approximate surface area is 208 Å². The van der Waals surface area contributed by atoms with Gasteiger partial charge in [-0.15, -0.1) is 0 Å². The molecule has 1 heterocycles. The molecule has 2 unspecified atom stereocenters. The zero-order valence-corrected chi connectivity index (χ0v) is 20.1. The molecule has 34 heavy (non-hydrogen) atoms. The van der Waals surface area contributed by atoms with E-state index in [-0.39, 0.29) is 12.0 Å². The lowest BCUT2D eigenvalue weighted by Crippen LogP contribution is -2.31. The molecule has 0 bridgehead atoms. The first kappa shape index (κ1) is 19.8. The Kier molecular flexibility index (Phi) is 4.50. The van der Waals surface area contributed by atoms with Crippen molar-refractivity contribution in [3.8, 4) is 11.1 Å². The quantitative estimate of drug-likeness (QED) is 0.234. The fraction of sp³-hybridized carbons (Fsp3) is 0.0625. The number of anilines is 2. The molecule has 0 radical (unpaired) electrons. The van der Waals surface area contributed by atoms with E-state index in [0.29, 0.717) is 0 Å². The highest BCUT2D eigenvalue weighted by Crippen LogP contribution is 2.55.